The van der Waals surface area contributed by atoms with E-state index in [1.54, 1.807) is 12.3 Å². The Bertz CT molecular complexity index is 339. The van der Waals surface area contributed by atoms with Gasteiger partial charge in [-0.15, -0.1) is 0 Å². The number of ether oxygens (including phenoxy) is 1. The van der Waals surface area contributed by atoms with E-state index in [-0.39, 0.29) is 5.43 Å². The van der Waals surface area contributed by atoms with Gasteiger partial charge in [-0.05, 0) is 6.92 Å². The maximum atomic E-state index is 11.0. The molecule has 2 rings (SSSR count). The van der Waals surface area contributed by atoms with Crippen LogP contribution in [0.1, 0.15) is 5.56 Å². The van der Waals surface area contributed by atoms with Gasteiger partial charge in [-0.2, -0.15) is 0 Å². The van der Waals surface area contributed by atoms with Crippen LogP contribution in [0.15, 0.2) is 23.3 Å². The fourth-order valence-corrected chi connectivity index (χ4v) is 1.17. The molecule has 1 aliphatic heterocycles. The number of nitrogens with zero attached hydrogens (tertiary/aromatic N) is 1. The Morgan fingerprint density at radius 1 is 1.75 bits per heavy atom. The lowest BCUT2D eigenvalue weighted by Gasteiger charge is -2.03. The molecule has 1 unspecified atom stereocenters. The normalized spacial score (nSPS) is 20.9. The van der Waals surface area contributed by atoms with Crippen molar-refractivity contribution < 1.29 is 4.74 Å². The summed E-state index contributed by atoms with van der Waals surface area (Å²) >= 11 is 0. The van der Waals surface area contributed by atoms with Crippen molar-refractivity contribution in [2.45, 2.75) is 19.6 Å². The van der Waals surface area contributed by atoms with Crippen molar-refractivity contribution in [2.75, 3.05) is 6.61 Å². The third-order valence-electron chi connectivity index (χ3n) is 1.98. The Kier molecular flexibility index (Phi) is 1.73. The first kappa shape index (κ1) is 7.55. The Morgan fingerprint density at radius 3 is 3.08 bits per heavy atom. The first-order valence-electron chi connectivity index (χ1n) is 4.04. The van der Waals surface area contributed by atoms with E-state index in [4.69, 9.17) is 4.74 Å². The molecule has 1 aliphatic rings. The van der Waals surface area contributed by atoms with Crippen LogP contribution in [0.2, 0.25) is 0 Å². The van der Waals surface area contributed by atoms with Gasteiger partial charge < -0.3 is 9.30 Å². The average Bonchev–Trinajstić information content (AvgIpc) is 2.81. The van der Waals surface area contributed by atoms with E-state index in [0.29, 0.717) is 6.10 Å². The zero-order valence-electron chi connectivity index (χ0n) is 6.99. The van der Waals surface area contributed by atoms with Gasteiger partial charge >= 0.3 is 0 Å². The van der Waals surface area contributed by atoms with Crippen LogP contribution in [0.25, 0.3) is 0 Å². The molecule has 1 atom stereocenters. The number of rotatable bonds is 2. The van der Waals surface area contributed by atoms with Crippen molar-refractivity contribution in [1.29, 1.82) is 0 Å². The lowest BCUT2D eigenvalue weighted by atomic mass is 10.3. The molecule has 3 nitrogen and oxygen atoms in total. The standard InChI is InChI=1S/C9H11NO2/c1-7-4-10(3-2-9(7)11)5-8-6-12-8/h2-4,8H,5-6H2,1H3. The smallest absolute Gasteiger partial charge is 0.184 e. The van der Waals surface area contributed by atoms with E-state index in [1.165, 1.54) is 0 Å². The summed E-state index contributed by atoms with van der Waals surface area (Å²) in [7, 11) is 0. The molecule has 0 spiro atoms. The molecule has 64 valence electrons. The second kappa shape index (κ2) is 2.75. The summed E-state index contributed by atoms with van der Waals surface area (Å²) in [6.07, 6.45) is 4.04. The Labute approximate surface area is 70.6 Å². The molecule has 1 fully saturated rings. The number of aryl methyl sites for hydroxylation is 1. The molecule has 2 heterocycles. The summed E-state index contributed by atoms with van der Waals surface area (Å²) < 4.78 is 7.08. The predicted octanol–water partition coefficient (Wildman–Crippen LogP) is 0.556. The molecular formula is C9H11NO2. The van der Waals surface area contributed by atoms with E-state index >= 15 is 0 Å². The van der Waals surface area contributed by atoms with Crippen molar-refractivity contribution in [3.05, 3.63) is 34.2 Å². The lowest BCUT2D eigenvalue weighted by Crippen LogP contribution is -2.10. The Balaban J connectivity index is 2.21. The van der Waals surface area contributed by atoms with Gasteiger partial charge in [0, 0.05) is 24.0 Å². The Morgan fingerprint density at radius 2 is 2.50 bits per heavy atom. The number of hydrogen-bond acceptors (Lipinski definition) is 2. The summed E-state index contributed by atoms with van der Waals surface area (Å²) in [4.78, 5) is 11.0. The molecule has 0 amide bonds. The molecule has 0 aliphatic carbocycles. The van der Waals surface area contributed by atoms with Gasteiger partial charge in [0.25, 0.3) is 0 Å². The second-order valence-corrected chi connectivity index (χ2v) is 3.14. The van der Waals surface area contributed by atoms with E-state index in [2.05, 4.69) is 0 Å². The minimum Gasteiger partial charge on any atom is -0.371 e. The van der Waals surface area contributed by atoms with E-state index in [9.17, 15) is 4.79 Å². The SMILES string of the molecule is Cc1cn(CC2CO2)ccc1=O. The highest BCUT2D eigenvalue weighted by Crippen LogP contribution is 2.10. The summed E-state index contributed by atoms with van der Waals surface area (Å²) in [6, 6.07) is 1.59. The lowest BCUT2D eigenvalue weighted by molar-refractivity contribution is 0.382. The summed E-state index contributed by atoms with van der Waals surface area (Å²) in [5, 5.41) is 0. The molecule has 0 radical (unpaired) electrons. The molecule has 1 aromatic heterocycles. The highest BCUT2D eigenvalue weighted by molar-refractivity contribution is 5.07. The van der Waals surface area contributed by atoms with Gasteiger partial charge in [0.15, 0.2) is 5.43 Å². The zero-order chi connectivity index (χ0) is 8.55. The molecule has 0 bridgehead atoms. The quantitative estimate of drug-likeness (QED) is 0.600. The minimum absolute atomic E-state index is 0.1000. The maximum Gasteiger partial charge on any atom is 0.184 e. The summed E-state index contributed by atoms with van der Waals surface area (Å²) in [5.74, 6) is 0. The molecule has 3 heteroatoms. The predicted molar refractivity (Wildman–Crippen MR) is 45.2 cm³/mol. The van der Waals surface area contributed by atoms with Crippen LogP contribution in [0.4, 0.5) is 0 Å². The van der Waals surface area contributed by atoms with E-state index < -0.39 is 0 Å². The molecule has 0 N–H and O–H groups in total. The molecule has 1 saturated heterocycles. The van der Waals surface area contributed by atoms with E-state index in [1.807, 2.05) is 17.7 Å². The van der Waals surface area contributed by atoms with Gasteiger partial charge in [0.1, 0.15) is 0 Å². The number of hydrogen-bond donors (Lipinski definition) is 0. The Hall–Kier alpha value is -1.09. The first-order valence-corrected chi connectivity index (χ1v) is 4.04. The molecular weight excluding hydrogens is 154 g/mol. The molecule has 12 heavy (non-hydrogen) atoms. The van der Waals surface area contributed by atoms with Gasteiger partial charge in [0.2, 0.25) is 0 Å². The van der Waals surface area contributed by atoms with Crippen LogP contribution in [0, 0.1) is 6.92 Å². The largest absolute Gasteiger partial charge is 0.371 e. The minimum atomic E-state index is 0.1000. The van der Waals surface area contributed by atoms with Gasteiger partial charge in [-0.3, -0.25) is 4.79 Å². The topological polar surface area (TPSA) is 34.5 Å². The van der Waals surface area contributed by atoms with Crippen LogP contribution >= 0.6 is 0 Å². The third-order valence-corrected chi connectivity index (χ3v) is 1.98. The van der Waals surface area contributed by atoms with Crippen molar-refractivity contribution in [3.63, 3.8) is 0 Å². The second-order valence-electron chi connectivity index (χ2n) is 3.14. The van der Waals surface area contributed by atoms with Crippen LogP contribution < -0.4 is 5.43 Å². The molecule has 0 aromatic carbocycles. The highest BCUT2D eigenvalue weighted by atomic mass is 16.6. The molecule has 1 aromatic rings. The maximum absolute atomic E-state index is 11.0. The fraction of sp³-hybridized carbons (Fsp3) is 0.444. The van der Waals surface area contributed by atoms with Crippen molar-refractivity contribution >= 4 is 0 Å². The van der Waals surface area contributed by atoms with Crippen molar-refractivity contribution in [2.24, 2.45) is 0 Å². The monoisotopic (exact) mass is 165 g/mol. The average molecular weight is 165 g/mol. The van der Waals surface area contributed by atoms with Gasteiger partial charge in [0.05, 0.1) is 19.3 Å². The van der Waals surface area contributed by atoms with Gasteiger partial charge in [-0.1, -0.05) is 0 Å². The number of aromatic nitrogens is 1. The highest BCUT2D eigenvalue weighted by Gasteiger charge is 2.22. The van der Waals surface area contributed by atoms with Crippen LogP contribution in [-0.2, 0) is 11.3 Å². The van der Waals surface area contributed by atoms with Crippen molar-refractivity contribution in [3.8, 4) is 0 Å². The molecule has 0 saturated carbocycles. The van der Waals surface area contributed by atoms with Crippen molar-refractivity contribution in [1.82, 2.24) is 4.57 Å². The van der Waals surface area contributed by atoms with E-state index in [0.717, 1.165) is 18.7 Å². The first-order chi connectivity index (χ1) is 5.75. The van der Waals surface area contributed by atoms with Crippen LogP contribution in [0.3, 0.4) is 0 Å². The van der Waals surface area contributed by atoms with Gasteiger partial charge in [-0.25, -0.2) is 0 Å². The summed E-state index contributed by atoms with van der Waals surface area (Å²) in [5.41, 5.74) is 0.890. The fourth-order valence-electron chi connectivity index (χ4n) is 1.17. The van der Waals surface area contributed by atoms with Crippen LogP contribution in [0.5, 0.6) is 0 Å². The zero-order valence-corrected chi connectivity index (χ0v) is 6.99. The van der Waals surface area contributed by atoms with Crippen LogP contribution in [-0.4, -0.2) is 17.3 Å². The summed E-state index contributed by atoms with van der Waals surface area (Å²) in [6.45, 7) is 3.54. The third kappa shape index (κ3) is 1.56. The number of epoxide rings is 1. The number of pyridine rings is 1.